The second kappa shape index (κ2) is 8.18. The standard InChI is InChI=1S/C19H18N2O2S2/c1-2-16-17(22)20-19(24)21(23-13-14-9-5-3-6-10-14)18(16)25-15-11-7-4-8-12-15/h3-12H,2,13H2,1H3,(H,20,22,24). The van der Waals surface area contributed by atoms with E-state index in [2.05, 4.69) is 4.98 Å². The number of nitrogens with zero attached hydrogens (tertiary/aromatic N) is 1. The van der Waals surface area contributed by atoms with Gasteiger partial charge in [-0.25, -0.2) is 0 Å². The highest BCUT2D eigenvalue weighted by Gasteiger charge is 2.15. The number of hydrogen-bond donors (Lipinski definition) is 1. The van der Waals surface area contributed by atoms with Gasteiger partial charge in [0.1, 0.15) is 11.6 Å². The smallest absolute Gasteiger partial charge is 0.256 e. The largest absolute Gasteiger partial charge is 0.406 e. The first-order chi connectivity index (χ1) is 12.2. The van der Waals surface area contributed by atoms with Crippen molar-refractivity contribution < 1.29 is 4.84 Å². The van der Waals surface area contributed by atoms with E-state index in [9.17, 15) is 4.79 Å². The number of aromatic amines is 1. The molecule has 1 aromatic heterocycles. The zero-order valence-corrected chi connectivity index (χ0v) is 15.4. The molecule has 6 heteroatoms. The van der Waals surface area contributed by atoms with Gasteiger partial charge in [0.05, 0.1) is 5.56 Å². The Balaban J connectivity index is 2.00. The third-order valence-electron chi connectivity index (χ3n) is 3.64. The van der Waals surface area contributed by atoms with E-state index in [0.29, 0.717) is 18.6 Å². The van der Waals surface area contributed by atoms with Gasteiger partial charge in [-0.05, 0) is 36.3 Å². The summed E-state index contributed by atoms with van der Waals surface area (Å²) in [5.41, 5.74) is 1.53. The molecule has 4 nitrogen and oxygen atoms in total. The van der Waals surface area contributed by atoms with Crippen LogP contribution in [0.3, 0.4) is 0 Å². The van der Waals surface area contributed by atoms with Crippen LogP contribution in [0.15, 0.2) is 75.4 Å². The van der Waals surface area contributed by atoms with Crippen LogP contribution >= 0.6 is 24.0 Å². The molecule has 0 atom stereocenters. The van der Waals surface area contributed by atoms with Gasteiger partial charge in [-0.1, -0.05) is 67.2 Å². The Morgan fingerprint density at radius 3 is 2.36 bits per heavy atom. The number of aromatic nitrogens is 2. The summed E-state index contributed by atoms with van der Waals surface area (Å²) in [4.78, 5) is 22.0. The summed E-state index contributed by atoms with van der Waals surface area (Å²) in [7, 11) is 0. The molecular weight excluding hydrogens is 352 g/mol. The van der Waals surface area contributed by atoms with Gasteiger partial charge in [-0.2, -0.15) is 0 Å². The number of H-pyrrole nitrogens is 1. The van der Waals surface area contributed by atoms with Crippen molar-refractivity contribution in [3.63, 3.8) is 0 Å². The molecule has 1 N–H and O–H groups in total. The summed E-state index contributed by atoms with van der Waals surface area (Å²) in [5, 5.41) is 0.721. The first kappa shape index (κ1) is 17.5. The molecule has 0 saturated heterocycles. The van der Waals surface area contributed by atoms with Gasteiger partial charge < -0.3 is 4.84 Å². The average Bonchev–Trinajstić information content (AvgIpc) is 2.63. The molecule has 0 fully saturated rings. The van der Waals surface area contributed by atoms with E-state index >= 15 is 0 Å². The minimum Gasteiger partial charge on any atom is -0.406 e. The lowest BCUT2D eigenvalue weighted by Gasteiger charge is -2.16. The van der Waals surface area contributed by atoms with Gasteiger partial charge in [0.2, 0.25) is 4.77 Å². The van der Waals surface area contributed by atoms with Crippen molar-refractivity contribution in [2.75, 3.05) is 0 Å². The van der Waals surface area contributed by atoms with Gasteiger partial charge in [-0.3, -0.25) is 9.78 Å². The van der Waals surface area contributed by atoms with Crippen LogP contribution in [-0.2, 0) is 13.0 Å². The van der Waals surface area contributed by atoms with Crippen LogP contribution in [0.4, 0.5) is 0 Å². The quantitative estimate of drug-likeness (QED) is 0.521. The Morgan fingerprint density at radius 1 is 1.08 bits per heavy atom. The summed E-state index contributed by atoms with van der Waals surface area (Å²) in [6.45, 7) is 2.32. The fourth-order valence-corrected chi connectivity index (χ4v) is 3.78. The molecule has 0 aliphatic carbocycles. The van der Waals surface area contributed by atoms with E-state index in [-0.39, 0.29) is 10.3 Å². The summed E-state index contributed by atoms with van der Waals surface area (Å²) >= 11 is 6.82. The molecule has 3 rings (SSSR count). The topological polar surface area (TPSA) is 47.0 Å². The van der Waals surface area contributed by atoms with Crippen molar-refractivity contribution in [3.8, 4) is 0 Å². The van der Waals surface area contributed by atoms with E-state index in [1.807, 2.05) is 67.6 Å². The lowest BCUT2D eigenvalue weighted by Crippen LogP contribution is -2.24. The third-order valence-corrected chi connectivity index (χ3v) is 5.02. The summed E-state index contributed by atoms with van der Waals surface area (Å²) in [6.07, 6.45) is 0.592. The zero-order valence-electron chi connectivity index (χ0n) is 13.8. The molecule has 0 amide bonds. The maximum Gasteiger partial charge on any atom is 0.256 e. The van der Waals surface area contributed by atoms with Crippen molar-refractivity contribution >= 4 is 24.0 Å². The molecule has 0 aliphatic heterocycles. The first-order valence-electron chi connectivity index (χ1n) is 7.97. The van der Waals surface area contributed by atoms with Gasteiger partial charge in [0, 0.05) is 4.90 Å². The summed E-state index contributed by atoms with van der Waals surface area (Å²) in [5.74, 6) is 0. The molecule has 1 heterocycles. The molecular formula is C19H18N2O2S2. The lowest BCUT2D eigenvalue weighted by molar-refractivity contribution is 0.0709. The second-order valence-electron chi connectivity index (χ2n) is 5.37. The highest BCUT2D eigenvalue weighted by atomic mass is 32.2. The van der Waals surface area contributed by atoms with E-state index in [1.165, 1.54) is 11.8 Å². The monoisotopic (exact) mass is 370 g/mol. The van der Waals surface area contributed by atoms with Crippen LogP contribution in [-0.4, -0.2) is 9.71 Å². The van der Waals surface area contributed by atoms with Crippen LogP contribution in [0.2, 0.25) is 0 Å². The van der Waals surface area contributed by atoms with E-state index in [1.54, 1.807) is 4.73 Å². The van der Waals surface area contributed by atoms with Gasteiger partial charge in [0.25, 0.3) is 5.56 Å². The van der Waals surface area contributed by atoms with Gasteiger partial charge in [0.15, 0.2) is 0 Å². The maximum atomic E-state index is 12.3. The fraction of sp³-hybridized carbons (Fsp3) is 0.158. The van der Waals surface area contributed by atoms with Crippen LogP contribution < -0.4 is 10.4 Å². The van der Waals surface area contributed by atoms with Crippen molar-refractivity contribution in [2.45, 2.75) is 29.9 Å². The predicted octanol–water partition coefficient (Wildman–Crippen LogP) is 4.25. The number of rotatable bonds is 6. The third kappa shape index (κ3) is 4.21. The minimum absolute atomic E-state index is 0.162. The van der Waals surface area contributed by atoms with Crippen molar-refractivity contribution in [1.82, 2.24) is 9.71 Å². The van der Waals surface area contributed by atoms with Crippen LogP contribution in [0.5, 0.6) is 0 Å². The molecule has 0 radical (unpaired) electrons. The van der Waals surface area contributed by atoms with Crippen LogP contribution in [0.25, 0.3) is 0 Å². The Bertz CT molecular complexity index is 951. The molecule has 0 spiro atoms. The van der Waals surface area contributed by atoms with Crippen LogP contribution in [0, 0.1) is 4.77 Å². The minimum atomic E-state index is -0.162. The first-order valence-corrected chi connectivity index (χ1v) is 9.20. The van der Waals surface area contributed by atoms with E-state index < -0.39 is 0 Å². The van der Waals surface area contributed by atoms with Crippen molar-refractivity contribution in [1.29, 1.82) is 0 Å². The molecule has 25 heavy (non-hydrogen) atoms. The summed E-state index contributed by atoms with van der Waals surface area (Å²) in [6, 6.07) is 19.7. The zero-order chi connectivity index (χ0) is 17.6. The SMILES string of the molecule is CCc1c(Sc2ccccc2)n(OCc2ccccc2)c(=S)[nH]c1=O. The Labute approximate surface area is 155 Å². The molecule has 2 aromatic carbocycles. The normalized spacial score (nSPS) is 10.6. The maximum absolute atomic E-state index is 12.3. The van der Waals surface area contributed by atoms with Crippen molar-refractivity contribution in [3.05, 3.63) is 86.9 Å². The molecule has 0 saturated carbocycles. The number of hydrogen-bond acceptors (Lipinski definition) is 4. The fourth-order valence-electron chi connectivity index (χ4n) is 2.38. The van der Waals surface area contributed by atoms with E-state index in [4.69, 9.17) is 17.1 Å². The predicted molar refractivity (Wildman–Crippen MR) is 103 cm³/mol. The Hall–Kier alpha value is -2.31. The Morgan fingerprint density at radius 2 is 1.72 bits per heavy atom. The number of nitrogens with one attached hydrogen (secondary N) is 1. The second-order valence-corrected chi connectivity index (χ2v) is 6.81. The molecule has 128 valence electrons. The highest BCUT2D eigenvalue weighted by Crippen LogP contribution is 2.29. The van der Waals surface area contributed by atoms with Gasteiger partial charge >= 0.3 is 0 Å². The average molecular weight is 370 g/mol. The molecule has 0 aliphatic rings. The molecule has 0 bridgehead atoms. The summed E-state index contributed by atoms with van der Waals surface area (Å²) < 4.78 is 1.82. The lowest BCUT2D eigenvalue weighted by atomic mass is 10.2. The van der Waals surface area contributed by atoms with E-state index in [0.717, 1.165) is 15.5 Å². The highest BCUT2D eigenvalue weighted by molar-refractivity contribution is 7.99. The molecule has 0 unspecified atom stereocenters. The van der Waals surface area contributed by atoms with Crippen LogP contribution in [0.1, 0.15) is 18.1 Å². The number of benzene rings is 2. The molecule has 3 aromatic rings. The van der Waals surface area contributed by atoms with Crippen molar-refractivity contribution in [2.24, 2.45) is 0 Å². The van der Waals surface area contributed by atoms with Gasteiger partial charge in [-0.15, -0.1) is 4.73 Å². The Kier molecular flexibility index (Phi) is 5.73.